The molecule has 0 spiro atoms. The molecule has 0 aromatic heterocycles. The zero-order valence-electron chi connectivity index (χ0n) is 11.5. The van der Waals surface area contributed by atoms with E-state index in [2.05, 4.69) is 31.8 Å². The van der Waals surface area contributed by atoms with Crippen molar-refractivity contribution < 1.29 is 5.11 Å². The molecule has 0 fully saturated rings. The van der Waals surface area contributed by atoms with Crippen LogP contribution in [0.15, 0.2) is 48.5 Å². The lowest BCUT2D eigenvalue weighted by Crippen LogP contribution is -2.37. The van der Waals surface area contributed by atoms with Gasteiger partial charge in [0.15, 0.2) is 0 Å². The molecule has 0 aliphatic carbocycles. The third-order valence-corrected chi connectivity index (χ3v) is 5.60. The Hall–Kier alpha value is -1.09. The molecule has 0 heterocycles. The number of aliphatic hydroxyl groups is 1. The summed E-state index contributed by atoms with van der Waals surface area (Å²) >= 11 is 5.86. The lowest BCUT2D eigenvalue weighted by Gasteiger charge is -2.18. The first-order valence-corrected chi connectivity index (χ1v) is 10.3. The van der Waals surface area contributed by atoms with Crippen molar-refractivity contribution in [3.05, 3.63) is 64.7 Å². The van der Waals surface area contributed by atoms with Gasteiger partial charge in [-0.05, 0) is 23.3 Å². The number of benzene rings is 2. The average Bonchev–Trinajstić information content (AvgIpc) is 2.38. The van der Waals surface area contributed by atoms with Gasteiger partial charge in [-0.2, -0.15) is 0 Å². The summed E-state index contributed by atoms with van der Waals surface area (Å²) in [7, 11) is -1.28. The van der Waals surface area contributed by atoms with Crippen molar-refractivity contribution in [2.45, 2.75) is 25.7 Å². The van der Waals surface area contributed by atoms with Crippen molar-refractivity contribution in [2.24, 2.45) is 0 Å². The Balaban J connectivity index is 2.25. The van der Waals surface area contributed by atoms with Crippen LogP contribution >= 0.6 is 11.6 Å². The van der Waals surface area contributed by atoms with Crippen LogP contribution in [0, 0.1) is 0 Å². The summed E-state index contributed by atoms with van der Waals surface area (Å²) in [5, 5.41) is 12.4. The molecular formula is C16H19ClOSi. The molecule has 0 aliphatic rings. The standard InChI is InChI=1S/C16H19ClOSi/c1-19(2,3)15-10-6-13(7-11-15)16(18)12-4-8-14(17)9-5-12/h4-11,16,18H,1-3H3. The quantitative estimate of drug-likeness (QED) is 0.848. The molecule has 0 saturated heterocycles. The summed E-state index contributed by atoms with van der Waals surface area (Å²) in [6.45, 7) is 6.95. The Morgan fingerprint density at radius 1 is 0.842 bits per heavy atom. The van der Waals surface area contributed by atoms with E-state index in [1.165, 1.54) is 5.19 Å². The first kappa shape index (κ1) is 14.3. The molecule has 1 nitrogen and oxygen atoms in total. The van der Waals surface area contributed by atoms with Crippen LogP contribution in [0.5, 0.6) is 0 Å². The van der Waals surface area contributed by atoms with Crippen molar-refractivity contribution in [2.75, 3.05) is 0 Å². The van der Waals surface area contributed by atoms with E-state index in [1.807, 2.05) is 24.3 Å². The second-order valence-electron chi connectivity index (χ2n) is 5.83. The van der Waals surface area contributed by atoms with Crippen LogP contribution in [0.1, 0.15) is 17.2 Å². The molecule has 2 aromatic rings. The van der Waals surface area contributed by atoms with Crippen LogP contribution in [-0.2, 0) is 0 Å². The molecule has 1 atom stereocenters. The molecule has 0 bridgehead atoms. The van der Waals surface area contributed by atoms with Crippen molar-refractivity contribution in [3.63, 3.8) is 0 Å². The van der Waals surface area contributed by atoms with Crippen molar-refractivity contribution in [3.8, 4) is 0 Å². The largest absolute Gasteiger partial charge is 0.384 e. The predicted octanol–water partition coefficient (Wildman–Crippen LogP) is 3.97. The zero-order chi connectivity index (χ0) is 14.0. The highest BCUT2D eigenvalue weighted by atomic mass is 35.5. The fourth-order valence-electron chi connectivity index (χ4n) is 2.00. The van der Waals surface area contributed by atoms with Crippen LogP contribution in [0.3, 0.4) is 0 Å². The maximum absolute atomic E-state index is 10.3. The third kappa shape index (κ3) is 3.47. The molecular weight excluding hydrogens is 272 g/mol. The predicted molar refractivity (Wildman–Crippen MR) is 84.9 cm³/mol. The van der Waals surface area contributed by atoms with Gasteiger partial charge in [-0.3, -0.25) is 0 Å². The van der Waals surface area contributed by atoms with Crippen molar-refractivity contribution >= 4 is 24.9 Å². The van der Waals surface area contributed by atoms with Gasteiger partial charge >= 0.3 is 0 Å². The van der Waals surface area contributed by atoms with E-state index in [4.69, 9.17) is 11.6 Å². The highest BCUT2D eigenvalue weighted by Gasteiger charge is 2.17. The average molecular weight is 291 g/mol. The van der Waals surface area contributed by atoms with E-state index < -0.39 is 14.2 Å². The van der Waals surface area contributed by atoms with Crippen LogP contribution in [-0.4, -0.2) is 13.2 Å². The van der Waals surface area contributed by atoms with Gasteiger partial charge < -0.3 is 5.11 Å². The summed E-state index contributed by atoms with van der Waals surface area (Å²) in [6.07, 6.45) is -0.590. The summed E-state index contributed by atoms with van der Waals surface area (Å²) in [4.78, 5) is 0. The van der Waals surface area contributed by atoms with Gasteiger partial charge in [0.05, 0.1) is 8.07 Å². The Labute approximate surface area is 120 Å². The molecule has 0 amide bonds. The lowest BCUT2D eigenvalue weighted by molar-refractivity contribution is 0.220. The first-order valence-electron chi connectivity index (χ1n) is 6.42. The van der Waals surface area contributed by atoms with Crippen LogP contribution in [0.4, 0.5) is 0 Å². The van der Waals surface area contributed by atoms with Crippen LogP contribution < -0.4 is 5.19 Å². The highest BCUT2D eigenvalue weighted by molar-refractivity contribution is 6.88. The number of rotatable bonds is 3. The third-order valence-electron chi connectivity index (χ3n) is 3.28. The molecule has 0 aliphatic heterocycles. The molecule has 0 radical (unpaired) electrons. The second-order valence-corrected chi connectivity index (χ2v) is 11.3. The number of halogens is 1. The Morgan fingerprint density at radius 2 is 1.26 bits per heavy atom. The van der Waals surface area contributed by atoms with Gasteiger partial charge in [-0.25, -0.2) is 0 Å². The zero-order valence-corrected chi connectivity index (χ0v) is 13.3. The smallest absolute Gasteiger partial charge is 0.104 e. The van der Waals surface area contributed by atoms with E-state index in [9.17, 15) is 5.11 Å². The topological polar surface area (TPSA) is 20.2 Å². The maximum atomic E-state index is 10.3. The van der Waals surface area contributed by atoms with Crippen LogP contribution in [0.2, 0.25) is 24.7 Å². The van der Waals surface area contributed by atoms with Gasteiger partial charge in [-0.1, -0.05) is 72.8 Å². The Morgan fingerprint density at radius 3 is 1.68 bits per heavy atom. The summed E-state index contributed by atoms with van der Waals surface area (Å²) in [6, 6.07) is 15.6. The van der Waals surface area contributed by atoms with E-state index in [0.717, 1.165) is 11.1 Å². The van der Waals surface area contributed by atoms with Gasteiger partial charge in [0.2, 0.25) is 0 Å². The van der Waals surface area contributed by atoms with E-state index in [0.29, 0.717) is 5.02 Å². The second kappa shape index (κ2) is 5.49. The molecule has 2 rings (SSSR count). The van der Waals surface area contributed by atoms with Gasteiger partial charge in [0.25, 0.3) is 0 Å². The maximum Gasteiger partial charge on any atom is 0.104 e. The molecule has 0 saturated carbocycles. The SMILES string of the molecule is C[Si](C)(C)c1ccc(C(O)c2ccc(Cl)cc2)cc1. The summed E-state index contributed by atoms with van der Waals surface area (Å²) in [5.41, 5.74) is 1.79. The molecule has 100 valence electrons. The normalized spacial score (nSPS) is 13.3. The minimum atomic E-state index is -1.28. The summed E-state index contributed by atoms with van der Waals surface area (Å²) in [5.74, 6) is 0. The van der Waals surface area contributed by atoms with Crippen LogP contribution in [0.25, 0.3) is 0 Å². The van der Waals surface area contributed by atoms with Crippen molar-refractivity contribution in [1.82, 2.24) is 0 Å². The van der Waals surface area contributed by atoms with Crippen molar-refractivity contribution in [1.29, 1.82) is 0 Å². The number of aliphatic hydroxyl groups excluding tert-OH is 1. The minimum absolute atomic E-state index is 0.590. The molecule has 1 unspecified atom stereocenters. The molecule has 3 heteroatoms. The van der Waals surface area contributed by atoms with E-state index in [-0.39, 0.29) is 0 Å². The monoisotopic (exact) mass is 290 g/mol. The molecule has 19 heavy (non-hydrogen) atoms. The Kier molecular flexibility index (Phi) is 4.14. The number of hydrogen-bond donors (Lipinski definition) is 1. The molecule has 1 N–H and O–H groups in total. The fourth-order valence-corrected chi connectivity index (χ4v) is 3.30. The Bertz CT molecular complexity index is 540. The van der Waals surface area contributed by atoms with E-state index in [1.54, 1.807) is 12.1 Å². The van der Waals surface area contributed by atoms with Gasteiger partial charge in [0.1, 0.15) is 6.10 Å². The van der Waals surface area contributed by atoms with Gasteiger partial charge in [-0.15, -0.1) is 0 Å². The van der Waals surface area contributed by atoms with Gasteiger partial charge in [0, 0.05) is 5.02 Å². The fraction of sp³-hybridized carbons (Fsp3) is 0.250. The number of hydrogen-bond acceptors (Lipinski definition) is 1. The highest BCUT2D eigenvalue weighted by Crippen LogP contribution is 2.23. The first-order chi connectivity index (χ1) is 8.88. The summed E-state index contributed by atoms with van der Waals surface area (Å²) < 4.78 is 0. The lowest BCUT2D eigenvalue weighted by atomic mass is 10.0. The minimum Gasteiger partial charge on any atom is -0.384 e. The van der Waals surface area contributed by atoms with E-state index >= 15 is 0 Å². The molecule has 2 aromatic carbocycles.